The van der Waals surface area contributed by atoms with Crippen molar-refractivity contribution >= 4 is 16.0 Å². The van der Waals surface area contributed by atoms with E-state index in [0.29, 0.717) is 22.4 Å². The minimum Gasteiger partial charge on any atom is -0.489 e. The van der Waals surface area contributed by atoms with E-state index in [1.165, 1.54) is 6.07 Å². The fourth-order valence-electron chi connectivity index (χ4n) is 4.02. The summed E-state index contributed by atoms with van der Waals surface area (Å²) >= 11 is 0. The van der Waals surface area contributed by atoms with Gasteiger partial charge in [-0.2, -0.15) is 4.31 Å². The Morgan fingerprint density at radius 2 is 1.74 bits per heavy atom. The molecule has 0 spiro atoms. The van der Waals surface area contributed by atoms with Crippen LogP contribution in [0.3, 0.4) is 0 Å². The summed E-state index contributed by atoms with van der Waals surface area (Å²) in [6, 6.07) is 15.4. The summed E-state index contributed by atoms with van der Waals surface area (Å²) in [5.41, 5.74) is 3.40. The van der Waals surface area contributed by atoms with Crippen LogP contribution in [0.1, 0.15) is 23.1 Å². The van der Waals surface area contributed by atoms with Gasteiger partial charge >= 0.3 is 5.97 Å². The molecule has 34 heavy (non-hydrogen) atoms. The summed E-state index contributed by atoms with van der Waals surface area (Å²) in [6.07, 6.45) is 0.0700. The van der Waals surface area contributed by atoms with Crippen LogP contribution in [0.25, 0.3) is 11.1 Å². The van der Waals surface area contributed by atoms with Gasteiger partial charge in [0.25, 0.3) is 0 Å². The second-order valence-electron chi connectivity index (χ2n) is 8.22. The number of benzene rings is 3. The van der Waals surface area contributed by atoms with E-state index in [-0.39, 0.29) is 25.3 Å². The Bertz CT molecular complexity index is 1330. The first kappa shape index (κ1) is 23.8. The highest BCUT2D eigenvalue weighted by atomic mass is 32.2. The number of ether oxygens (including phenoxy) is 1. The Labute approximate surface area is 196 Å². The van der Waals surface area contributed by atoms with Crippen LogP contribution in [-0.4, -0.2) is 35.6 Å². The quantitative estimate of drug-likeness (QED) is 0.530. The predicted octanol–water partition coefficient (Wildman–Crippen LogP) is 4.51. The van der Waals surface area contributed by atoms with Crippen LogP contribution in [0.5, 0.6) is 5.75 Å². The fourth-order valence-corrected chi connectivity index (χ4v) is 5.71. The SMILES string of the molecule is Cc1cc(F)c(F)cc1-c1ccc(OCc2cccc(CN3C(C(=O)O)CCS3(=O)=O)c2)cc1. The smallest absolute Gasteiger partial charge is 0.322 e. The van der Waals surface area contributed by atoms with Crippen LogP contribution in [0.15, 0.2) is 60.7 Å². The van der Waals surface area contributed by atoms with Crippen LogP contribution < -0.4 is 4.74 Å². The number of aryl methyl sites for hydroxylation is 1. The first-order valence-corrected chi connectivity index (χ1v) is 12.2. The molecule has 3 aromatic rings. The Morgan fingerprint density at radius 1 is 1.06 bits per heavy atom. The molecule has 1 unspecified atom stereocenters. The average molecular weight is 488 g/mol. The van der Waals surface area contributed by atoms with Gasteiger partial charge in [-0.1, -0.05) is 36.4 Å². The van der Waals surface area contributed by atoms with Gasteiger partial charge in [0.1, 0.15) is 18.4 Å². The molecule has 1 aliphatic heterocycles. The van der Waals surface area contributed by atoms with Crippen molar-refractivity contribution in [3.8, 4) is 16.9 Å². The summed E-state index contributed by atoms with van der Waals surface area (Å²) < 4.78 is 58.4. The molecule has 0 aliphatic carbocycles. The number of rotatable bonds is 7. The fraction of sp³-hybridized carbons (Fsp3) is 0.240. The topological polar surface area (TPSA) is 83.9 Å². The maximum absolute atomic E-state index is 13.6. The maximum Gasteiger partial charge on any atom is 0.322 e. The summed E-state index contributed by atoms with van der Waals surface area (Å²) in [5.74, 6) is -2.54. The maximum atomic E-state index is 13.6. The lowest BCUT2D eigenvalue weighted by Gasteiger charge is -2.20. The molecule has 1 atom stereocenters. The Hall–Kier alpha value is -3.30. The van der Waals surface area contributed by atoms with Crippen LogP contribution >= 0.6 is 0 Å². The van der Waals surface area contributed by atoms with Crippen molar-refractivity contribution < 1.29 is 31.8 Å². The molecule has 1 N–H and O–H groups in total. The van der Waals surface area contributed by atoms with Crippen molar-refractivity contribution in [1.29, 1.82) is 0 Å². The highest BCUT2D eigenvalue weighted by molar-refractivity contribution is 7.89. The van der Waals surface area contributed by atoms with Gasteiger partial charge in [-0.15, -0.1) is 0 Å². The van der Waals surface area contributed by atoms with Crippen LogP contribution in [0, 0.1) is 18.6 Å². The molecule has 0 aromatic heterocycles. The van der Waals surface area contributed by atoms with Gasteiger partial charge in [0.15, 0.2) is 11.6 Å². The zero-order chi connectivity index (χ0) is 24.5. The zero-order valence-electron chi connectivity index (χ0n) is 18.4. The number of hydrogen-bond acceptors (Lipinski definition) is 4. The van der Waals surface area contributed by atoms with E-state index in [9.17, 15) is 27.1 Å². The molecule has 9 heteroatoms. The van der Waals surface area contributed by atoms with Crippen molar-refractivity contribution in [2.24, 2.45) is 0 Å². The Balaban J connectivity index is 1.43. The minimum absolute atomic E-state index is 0.0184. The van der Waals surface area contributed by atoms with E-state index >= 15 is 0 Å². The molecule has 0 bridgehead atoms. The van der Waals surface area contributed by atoms with E-state index in [0.717, 1.165) is 21.5 Å². The van der Waals surface area contributed by atoms with Gasteiger partial charge in [0.2, 0.25) is 10.0 Å². The number of carboxylic acid groups (broad SMARTS) is 1. The minimum atomic E-state index is -3.61. The normalized spacial score (nSPS) is 17.6. The average Bonchev–Trinajstić information content (AvgIpc) is 3.10. The number of carbonyl (C=O) groups is 1. The van der Waals surface area contributed by atoms with Crippen LogP contribution in [-0.2, 0) is 28.0 Å². The third kappa shape index (κ3) is 5.10. The molecule has 0 radical (unpaired) electrons. The van der Waals surface area contributed by atoms with Gasteiger partial charge in [-0.05, 0) is 65.4 Å². The van der Waals surface area contributed by atoms with Gasteiger partial charge in [-0.3, -0.25) is 4.79 Å². The van der Waals surface area contributed by atoms with Crippen molar-refractivity contribution in [1.82, 2.24) is 4.31 Å². The second kappa shape index (κ2) is 9.52. The van der Waals surface area contributed by atoms with Crippen molar-refractivity contribution in [3.63, 3.8) is 0 Å². The third-order valence-electron chi connectivity index (χ3n) is 5.81. The van der Waals surface area contributed by atoms with Crippen molar-refractivity contribution in [2.75, 3.05) is 5.75 Å². The monoisotopic (exact) mass is 487 g/mol. The Morgan fingerprint density at radius 3 is 2.44 bits per heavy atom. The molecule has 4 rings (SSSR count). The highest BCUT2D eigenvalue weighted by Gasteiger charge is 2.41. The summed E-state index contributed by atoms with van der Waals surface area (Å²) in [4.78, 5) is 11.4. The van der Waals surface area contributed by atoms with E-state index in [4.69, 9.17) is 4.74 Å². The lowest BCUT2D eigenvalue weighted by molar-refractivity contribution is -0.141. The lowest BCUT2D eigenvalue weighted by Crippen LogP contribution is -2.37. The molecular weight excluding hydrogens is 464 g/mol. The number of nitrogens with zero attached hydrogens (tertiary/aromatic N) is 1. The van der Waals surface area contributed by atoms with Gasteiger partial charge in [0.05, 0.1) is 5.75 Å². The summed E-state index contributed by atoms with van der Waals surface area (Å²) in [5, 5.41) is 9.33. The predicted molar refractivity (Wildman–Crippen MR) is 123 cm³/mol. The highest BCUT2D eigenvalue weighted by Crippen LogP contribution is 2.28. The molecule has 1 fully saturated rings. The Kier molecular flexibility index (Phi) is 6.67. The third-order valence-corrected chi connectivity index (χ3v) is 7.66. The molecule has 1 heterocycles. The number of carboxylic acids is 1. The molecule has 0 saturated carbocycles. The molecule has 3 aromatic carbocycles. The number of hydrogen-bond donors (Lipinski definition) is 1. The molecule has 0 amide bonds. The van der Waals surface area contributed by atoms with E-state index in [1.807, 2.05) is 6.07 Å². The van der Waals surface area contributed by atoms with E-state index in [2.05, 4.69) is 0 Å². The summed E-state index contributed by atoms with van der Waals surface area (Å²) in [6.45, 7) is 1.91. The van der Waals surface area contributed by atoms with Gasteiger partial charge < -0.3 is 9.84 Å². The van der Waals surface area contributed by atoms with Crippen LogP contribution in [0.2, 0.25) is 0 Å². The zero-order valence-corrected chi connectivity index (χ0v) is 19.2. The summed E-state index contributed by atoms with van der Waals surface area (Å²) in [7, 11) is -3.61. The number of halogens is 2. The molecule has 178 valence electrons. The standard InChI is InChI=1S/C25H23F2NO5S/c1-16-11-22(26)23(27)13-21(16)19-5-7-20(8-6-19)33-15-18-4-2-3-17(12-18)14-28-24(25(29)30)9-10-34(28,31)32/h2-8,11-13,24H,9-10,14-15H2,1H3,(H,29,30). The van der Waals surface area contributed by atoms with Crippen molar-refractivity contribution in [2.45, 2.75) is 32.5 Å². The molecular formula is C25H23F2NO5S. The number of aliphatic carboxylic acids is 1. The van der Waals surface area contributed by atoms with Crippen molar-refractivity contribution in [3.05, 3.63) is 89.0 Å². The molecule has 1 saturated heterocycles. The van der Waals surface area contributed by atoms with Gasteiger partial charge in [0, 0.05) is 6.54 Å². The first-order chi connectivity index (χ1) is 16.1. The van der Waals surface area contributed by atoms with E-state index < -0.39 is 33.7 Å². The molecule has 6 nitrogen and oxygen atoms in total. The first-order valence-electron chi connectivity index (χ1n) is 10.6. The second-order valence-corrected chi connectivity index (χ2v) is 10.3. The number of sulfonamides is 1. The molecule has 1 aliphatic rings. The lowest BCUT2D eigenvalue weighted by atomic mass is 10.0. The largest absolute Gasteiger partial charge is 0.489 e. The van der Waals surface area contributed by atoms with Crippen LogP contribution in [0.4, 0.5) is 8.78 Å². The van der Waals surface area contributed by atoms with Gasteiger partial charge in [-0.25, -0.2) is 17.2 Å². The van der Waals surface area contributed by atoms with E-state index in [1.54, 1.807) is 49.4 Å².